The molecule has 2 aromatic heterocycles. The number of methoxy groups -OCH3 is 1. The monoisotopic (exact) mass is 279 g/mol. The summed E-state index contributed by atoms with van der Waals surface area (Å²) in [5.74, 6) is 0.997. The van der Waals surface area contributed by atoms with Crippen molar-refractivity contribution in [2.75, 3.05) is 13.7 Å². The Labute approximate surface area is 116 Å². The summed E-state index contributed by atoms with van der Waals surface area (Å²) in [5, 5.41) is 5.38. The van der Waals surface area contributed by atoms with E-state index in [1.807, 2.05) is 0 Å². The third-order valence-corrected chi connectivity index (χ3v) is 3.74. The van der Waals surface area contributed by atoms with Gasteiger partial charge in [0, 0.05) is 11.4 Å². The number of hydrogen-bond donors (Lipinski definition) is 1. The van der Waals surface area contributed by atoms with Gasteiger partial charge in [-0.25, -0.2) is 4.79 Å². The van der Waals surface area contributed by atoms with E-state index in [4.69, 9.17) is 4.42 Å². The number of ether oxygens (including phenoxy) is 1. The first-order valence-electron chi connectivity index (χ1n) is 6.11. The van der Waals surface area contributed by atoms with Crippen molar-refractivity contribution in [2.45, 2.75) is 19.9 Å². The van der Waals surface area contributed by atoms with E-state index in [2.05, 4.69) is 27.6 Å². The average Bonchev–Trinajstić information content (AvgIpc) is 3.03. The maximum Gasteiger partial charge on any atom is 0.341 e. The van der Waals surface area contributed by atoms with Crippen LogP contribution in [0.1, 0.15) is 26.8 Å². The van der Waals surface area contributed by atoms with Crippen LogP contribution < -0.4 is 5.32 Å². The van der Waals surface area contributed by atoms with E-state index in [0.717, 1.165) is 18.7 Å². The van der Waals surface area contributed by atoms with Crippen molar-refractivity contribution in [1.82, 2.24) is 5.32 Å². The van der Waals surface area contributed by atoms with Crippen LogP contribution >= 0.6 is 11.3 Å². The highest BCUT2D eigenvalue weighted by molar-refractivity contribution is 7.09. The van der Waals surface area contributed by atoms with Crippen LogP contribution in [0, 0.1) is 6.92 Å². The molecule has 5 heteroatoms. The number of nitrogens with one attached hydrogen (secondary N) is 1. The van der Waals surface area contributed by atoms with Gasteiger partial charge in [0.2, 0.25) is 0 Å². The Morgan fingerprint density at radius 2 is 2.37 bits per heavy atom. The lowest BCUT2D eigenvalue weighted by Crippen LogP contribution is -2.15. The molecule has 0 radical (unpaired) electrons. The molecule has 102 valence electrons. The normalized spacial score (nSPS) is 10.6. The van der Waals surface area contributed by atoms with Gasteiger partial charge in [0.1, 0.15) is 17.1 Å². The largest absolute Gasteiger partial charge is 0.465 e. The molecule has 19 heavy (non-hydrogen) atoms. The van der Waals surface area contributed by atoms with Gasteiger partial charge in [0.05, 0.1) is 13.7 Å². The number of esters is 1. The van der Waals surface area contributed by atoms with Gasteiger partial charge in [-0.05, 0) is 30.9 Å². The standard InChI is InChI=1S/C14H17NO3S/c1-10-13(14(16)17-2)8-11(18-10)9-15-6-5-12-4-3-7-19-12/h3-4,7-8,15H,5-6,9H2,1-2H3. The molecule has 0 atom stereocenters. The van der Waals surface area contributed by atoms with Gasteiger partial charge in [-0.15, -0.1) is 11.3 Å². The number of thiophene rings is 1. The SMILES string of the molecule is COC(=O)c1cc(CNCCc2cccs2)oc1C. The van der Waals surface area contributed by atoms with E-state index in [0.29, 0.717) is 17.9 Å². The van der Waals surface area contributed by atoms with Gasteiger partial charge in [0.25, 0.3) is 0 Å². The molecule has 0 bridgehead atoms. The Hall–Kier alpha value is -1.59. The van der Waals surface area contributed by atoms with Crippen LogP contribution in [-0.2, 0) is 17.7 Å². The highest BCUT2D eigenvalue weighted by atomic mass is 32.1. The van der Waals surface area contributed by atoms with E-state index >= 15 is 0 Å². The van der Waals surface area contributed by atoms with E-state index in [1.165, 1.54) is 12.0 Å². The first kappa shape index (κ1) is 13.8. The van der Waals surface area contributed by atoms with E-state index in [1.54, 1.807) is 24.3 Å². The smallest absolute Gasteiger partial charge is 0.341 e. The minimum atomic E-state index is -0.355. The maximum atomic E-state index is 11.4. The van der Waals surface area contributed by atoms with Crippen molar-refractivity contribution in [3.8, 4) is 0 Å². The van der Waals surface area contributed by atoms with Crippen LogP contribution in [-0.4, -0.2) is 19.6 Å². The Morgan fingerprint density at radius 1 is 1.53 bits per heavy atom. The number of carbonyl (C=O) groups excluding carboxylic acids is 1. The van der Waals surface area contributed by atoms with Crippen molar-refractivity contribution in [2.24, 2.45) is 0 Å². The van der Waals surface area contributed by atoms with Crippen molar-refractivity contribution in [1.29, 1.82) is 0 Å². The lowest BCUT2D eigenvalue weighted by Gasteiger charge is -2.00. The first-order chi connectivity index (χ1) is 9.20. The fourth-order valence-corrected chi connectivity index (χ4v) is 2.53. The Bertz CT molecular complexity index is 531. The topological polar surface area (TPSA) is 51.5 Å². The highest BCUT2D eigenvalue weighted by Gasteiger charge is 2.14. The van der Waals surface area contributed by atoms with E-state index in [9.17, 15) is 4.79 Å². The Kier molecular flexibility index (Phi) is 4.76. The van der Waals surface area contributed by atoms with Gasteiger partial charge in [-0.3, -0.25) is 0 Å². The Morgan fingerprint density at radius 3 is 3.05 bits per heavy atom. The van der Waals surface area contributed by atoms with Crippen LogP contribution in [0.2, 0.25) is 0 Å². The van der Waals surface area contributed by atoms with Crippen LogP contribution in [0.5, 0.6) is 0 Å². The third-order valence-electron chi connectivity index (χ3n) is 2.80. The molecule has 0 unspecified atom stereocenters. The summed E-state index contributed by atoms with van der Waals surface area (Å²) in [5.41, 5.74) is 0.498. The zero-order valence-electron chi connectivity index (χ0n) is 11.1. The van der Waals surface area contributed by atoms with Crippen LogP contribution in [0.4, 0.5) is 0 Å². The molecule has 0 aliphatic rings. The van der Waals surface area contributed by atoms with E-state index < -0.39 is 0 Å². The molecule has 0 amide bonds. The first-order valence-corrected chi connectivity index (χ1v) is 6.99. The summed E-state index contributed by atoms with van der Waals surface area (Å²) >= 11 is 1.76. The molecule has 0 saturated carbocycles. The van der Waals surface area contributed by atoms with Crippen molar-refractivity contribution in [3.05, 3.63) is 45.5 Å². The molecule has 4 nitrogen and oxygen atoms in total. The maximum absolute atomic E-state index is 11.4. The number of rotatable bonds is 6. The number of carbonyl (C=O) groups is 1. The molecule has 0 aliphatic heterocycles. The molecule has 0 saturated heterocycles. The summed E-state index contributed by atoms with van der Waals surface area (Å²) < 4.78 is 10.2. The van der Waals surface area contributed by atoms with Gasteiger partial charge in [-0.2, -0.15) is 0 Å². The van der Waals surface area contributed by atoms with Crippen molar-refractivity contribution in [3.63, 3.8) is 0 Å². The quantitative estimate of drug-likeness (QED) is 0.652. The average molecular weight is 279 g/mol. The van der Waals surface area contributed by atoms with Crippen molar-refractivity contribution >= 4 is 17.3 Å². The molecule has 0 aliphatic carbocycles. The fraction of sp³-hybridized carbons (Fsp3) is 0.357. The fourth-order valence-electron chi connectivity index (χ4n) is 1.82. The molecule has 2 aromatic rings. The molecule has 1 N–H and O–H groups in total. The van der Waals surface area contributed by atoms with Gasteiger partial charge < -0.3 is 14.5 Å². The van der Waals surface area contributed by atoms with E-state index in [-0.39, 0.29) is 5.97 Å². The minimum absolute atomic E-state index is 0.355. The molecule has 2 rings (SSSR count). The second kappa shape index (κ2) is 6.54. The summed E-state index contributed by atoms with van der Waals surface area (Å²) in [7, 11) is 1.37. The highest BCUT2D eigenvalue weighted by Crippen LogP contribution is 2.15. The summed E-state index contributed by atoms with van der Waals surface area (Å²) in [6.07, 6.45) is 1.00. The predicted octanol–water partition coefficient (Wildman–Crippen LogP) is 2.77. The lowest BCUT2D eigenvalue weighted by atomic mass is 10.2. The number of hydrogen-bond acceptors (Lipinski definition) is 5. The Balaban J connectivity index is 1.81. The molecule has 0 aromatic carbocycles. The molecular weight excluding hydrogens is 262 g/mol. The third kappa shape index (κ3) is 3.68. The zero-order chi connectivity index (χ0) is 13.7. The second-order valence-corrected chi connectivity index (χ2v) is 5.21. The van der Waals surface area contributed by atoms with Crippen molar-refractivity contribution < 1.29 is 13.9 Å². The van der Waals surface area contributed by atoms with Gasteiger partial charge in [-0.1, -0.05) is 6.07 Å². The molecule has 0 fully saturated rings. The van der Waals surface area contributed by atoms with Crippen LogP contribution in [0.15, 0.2) is 28.0 Å². The molecule has 0 spiro atoms. The summed E-state index contributed by atoms with van der Waals surface area (Å²) in [4.78, 5) is 12.8. The van der Waals surface area contributed by atoms with Crippen LogP contribution in [0.3, 0.4) is 0 Å². The predicted molar refractivity (Wildman–Crippen MR) is 74.5 cm³/mol. The minimum Gasteiger partial charge on any atom is -0.465 e. The summed E-state index contributed by atoms with van der Waals surface area (Å²) in [6, 6.07) is 5.91. The van der Waals surface area contributed by atoms with Gasteiger partial charge in [0.15, 0.2) is 0 Å². The number of furan rings is 1. The molecular formula is C14H17NO3S. The molecule has 2 heterocycles. The second-order valence-electron chi connectivity index (χ2n) is 4.18. The van der Waals surface area contributed by atoms with Crippen LogP contribution in [0.25, 0.3) is 0 Å². The zero-order valence-corrected chi connectivity index (χ0v) is 11.9. The lowest BCUT2D eigenvalue weighted by molar-refractivity contribution is 0.0599. The van der Waals surface area contributed by atoms with Gasteiger partial charge >= 0.3 is 5.97 Å². The summed E-state index contributed by atoms with van der Waals surface area (Å²) in [6.45, 7) is 3.26. The number of aryl methyl sites for hydroxylation is 1.